The number of halogens is 2. The molecule has 0 saturated heterocycles. The second-order valence-corrected chi connectivity index (χ2v) is 4.59. The van der Waals surface area contributed by atoms with Crippen molar-refractivity contribution in [2.24, 2.45) is 0 Å². The third-order valence-electron chi connectivity index (χ3n) is 2.62. The van der Waals surface area contributed by atoms with Crippen molar-refractivity contribution in [2.45, 2.75) is 13.0 Å². The Kier molecular flexibility index (Phi) is 5.84. The van der Waals surface area contributed by atoms with Crippen molar-refractivity contribution in [3.05, 3.63) is 16.9 Å². The molecule has 8 heteroatoms. The number of hydrogen-bond acceptors (Lipinski definition) is 5. The Bertz CT molecular complexity index is 499. The molecule has 6 N–H and O–H groups in total. The Morgan fingerprint density at radius 1 is 1.50 bits per heavy atom. The molecule has 112 valence electrons. The van der Waals surface area contributed by atoms with Gasteiger partial charge in [0, 0.05) is 13.7 Å². The monoisotopic (exact) mass is 304 g/mol. The number of carbonyl (C=O) groups excluding carboxylic acids is 1. The number of ether oxygens (including phenoxy) is 1. The van der Waals surface area contributed by atoms with Crippen molar-refractivity contribution in [2.75, 3.05) is 37.0 Å². The van der Waals surface area contributed by atoms with Gasteiger partial charge < -0.3 is 26.8 Å². The number of nitrogens with one attached hydrogen (secondary N) is 2. The average molecular weight is 305 g/mol. The first-order chi connectivity index (χ1) is 9.38. The van der Waals surface area contributed by atoms with Crippen LogP contribution < -0.4 is 22.1 Å². The zero-order valence-corrected chi connectivity index (χ0v) is 12.1. The lowest BCUT2D eigenvalue weighted by molar-refractivity contribution is -0.121. The molecule has 1 amide bonds. The zero-order chi connectivity index (χ0) is 15.3. The number of nitrogen functional groups attached to an aromatic ring is 2. The number of benzene rings is 1. The van der Waals surface area contributed by atoms with E-state index in [1.807, 2.05) is 0 Å². The van der Waals surface area contributed by atoms with Crippen LogP contribution in [0.5, 0.6) is 0 Å². The summed E-state index contributed by atoms with van der Waals surface area (Å²) in [5.41, 5.74) is 11.2. The number of methoxy groups -OCH3 is 1. The largest absolute Gasteiger partial charge is 0.397 e. The van der Waals surface area contributed by atoms with E-state index in [0.29, 0.717) is 13.2 Å². The molecule has 1 rings (SSSR count). The highest BCUT2D eigenvalue weighted by Gasteiger charge is 2.19. The molecule has 0 saturated carbocycles. The predicted molar refractivity (Wildman–Crippen MR) is 78.2 cm³/mol. The van der Waals surface area contributed by atoms with E-state index in [-0.39, 0.29) is 28.0 Å². The summed E-state index contributed by atoms with van der Waals surface area (Å²) in [5.74, 6) is -1.09. The van der Waals surface area contributed by atoms with Gasteiger partial charge in [-0.05, 0) is 13.0 Å². The van der Waals surface area contributed by atoms with Crippen molar-refractivity contribution in [1.29, 1.82) is 0 Å². The lowest BCUT2D eigenvalue weighted by Gasteiger charge is -2.18. The van der Waals surface area contributed by atoms with Crippen LogP contribution in [-0.4, -0.2) is 32.2 Å². The van der Waals surface area contributed by atoms with Crippen molar-refractivity contribution < 1.29 is 13.9 Å². The molecule has 0 bridgehead atoms. The molecule has 0 heterocycles. The minimum atomic E-state index is -0.777. The van der Waals surface area contributed by atoms with Gasteiger partial charge in [0.05, 0.1) is 23.7 Å². The van der Waals surface area contributed by atoms with Gasteiger partial charge in [0.1, 0.15) is 11.1 Å². The van der Waals surface area contributed by atoms with Gasteiger partial charge in [-0.25, -0.2) is 4.39 Å². The summed E-state index contributed by atoms with van der Waals surface area (Å²) >= 11 is 5.71. The van der Waals surface area contributed by atoms with E-state index >= 15 is 0 Å². The molecular weight excluding hydrogens is 287 g/mol. The first-order valence-corrected chi connectivity index (χ1v) is 6.32. The summed E-state index contributed by atoms with van der Waals surface area (Å²) in [4.78, 5) is 11.7. The third-order valence-corrected chi connectivity index (χ3v) is 3.01. The average Bonchev–Trinajstić information content (AvgIpc) is 2.41. The molecule has 1 unspecified atom stereocenters. The van der Waals surface area contributed by atoms with E-state index in [2.05, 4.69) is 10.6 Å². The molecule has 0 spiro atoms. The second-order valence-electron chi connectivity index (χ2n) is 4.21. The van der Waals surface area contributed by atoms with Crippen LogP contribution in [0.1, 0.15) is 6.92 Å². The van der Waals surface area contributed by atoms with Crippen molar-refractivity contribution in [3.8, 4) is 0 Å². The Morgan fingerprint density at radius 3 is 2.75 bits per heavy atom. The normalized spacial score (nSPS) is 12.0. The SMILES string of the molecule is COCCNC(=O)C(C)Nc1c(N)cc(N)c(Cl)c1F. The van der Waals surface area contributed by atoms with E-state index in [1.165, 1.54) is 13.2 Å². The molecule has 20 heavy (non-hydrogen) atoms. The van der Waals surface area contributed by atoms with Gasteiger partial charge in [-0.3, -0.25) is 4.79 Å². The van der Waals surface area contributed by atoms with Gasteiger partial charge in [-0.15, -0.1) is 0 Å². The standard InChI is InChI=1S/C12H18ClFN4O2/c1-6(12(19)17-3-4-20-2)18-11-8(16)5-7(15)9(13)10(11)14/h5-6,18H,3-4,15-16H2,1-2H3,(H,17,19). The number of carbonyl (C=O) groups is 1. The Labute approximate surface area is 121 Å². The van der Waals surface area contributed by atoms with Gasteiger partial charge in [0.25, 0.3) is 0 Å². The van der Waals surface area contributed by atoms with Crippen LogP contribution in [-0.2, 0) is 9.53 Å². The van der Waals surface area contributed by atoms with Crippen LogP contribution in [0.25, 0.3) is 0 Å². The summed E-state index contributed by atoms with van der Waals surface area (Å²) in [5, 5.41) is 5.07. The Hall–Kier alpha value is -1.73. The van der Waals surface area contributed by atoms with Gasteiger partial charge in [0.2, 0.25) is 5.91 Å². The van der Waals surface area contributed by atoms with Crippen molar-refractivity contribution in [3.63, 3.8) is 0 Å². The number of nitrogens with two attached hydrogens (primary N) is 2. The predicted octanol–water partition coefficient (Wildman–Crippen LogP) is 1.21. The molecule has 0 radical (unpaired) electrons. The van der Waals surface area contributed by atoms with Gasteiger partial charge in [-0.2, -0.15) is 0 Å². The quantitative estimate of drug-likeness (QED) is 0.467. The third kappa shape index (κ3) is 3.88. The fraction of sp³-hybridized carbons (Fsp3) is 0.417. The van der Waals surface area contributed by atoms with E-state index in [4.69, 9.17) is 27.8 Å². The zero-order valence-electron chi connectivity index (χ0n) is 11.3. The lowest BCUT2D eigenvalue weighted by atomic mass is 10.2. The maximum Gasteiger partial charge on any atom is 0.242 e. The topological polar surface area (TPSA) is 102 Å². The van der Waals surface area contributed by atoms with E-state index in [1.54, 1.807) is 6.92 Å². The molecule has 6 nitrogen and oxygen atoms in total. The van der Waals surface area contributed by atoms with E-state index in [0.717, 1.165) is 0 Å². The first-order valence-electron chi connectivity index (χ1n) is 5.94. The second kappa shape index (κ2) is 7.16. The summed E-state index contributed by atoms with van der Waals surface area (Å²) < 4.78 is 18.8. The molecule has 1 aromatic rings. The lowest BCUT2D eigenvalue weighted by Crippen LogP contribution is -2.39. The smallest absolute Gasteiger partial charge is 0.242 e. The molecule has 0 aliphatic heterocycles. The molecule has 0 aromatic heterocycles. The molecule has 0 fully saturated rings. The maximum atomic E-state index is 13.9. The Morgan fingerprint density at radius 2 is 2.15 bits per heavy atom. The number of amides is 1. The Balaban J connectivity index is 2.78. The van der Waals surface area contributed by atoms with Crippen LogP contribution in [0.3, 0.4) is 0 Å². The van der Waals surface area contributed by atoms with Crippen LogP contribution in [0.2, 0.25) is 5.02 Å². The van der Waals surface area contributed by atoms with Crippen LogP contribution >= 0.6 is 11.6 Å². The summed E-state index contributed by atoms with van der Waals surface area (Å²) in [6.45, 7) is 2.33. The fourth-order valence-corrected chi connectivity index (χ4v) is 1.67. The van der Waals surface area contributed by atoms with Gasteiger partial charge >= 0.3 is 0 Å². The highest BCUT2D eigenvalue weighted by Crippen LogP contribution is 2.33. The number of hydrogen-bond donors (Lipinski definition) is 4. The highest BCUT2D eigenvalue weighted by molar-refractivity contribution is 6.33. The van der Waals surface area contributed by atoms with Crippen molar-refractivity contribution in [1.82, 2.24) is 5.32 Å². The van der Waals surface area contributed by atoms with Crippen LogP contribution in [0.4, 0.5) is 21.5 Å². The fourth-order valence-electron chi connectivity index (χ4n) is 1.52. The summed E-state index contributed by atoms with van der Waals surface area (Å²) in [6.07, 6.45) is 0. The molecule has 0 aliphatic rings. The van der Waals surface area contributed by atoms with Gasteiger partial charge in [-0.1, -0.05) is 11.6 Å². The minimum Gasteiger partial charge on any atom is -0.397 e. The van der Waals surface area contributed by atoms with Crippen molar-refractivity contribution >= 4 is 34.6 Å². The molecule has 0 aliphatic carbocycles. The summed E-state index contributed by atoms with van der Waals surface area (Å²) in [7, 11) is 1.53. The maximum absolute atomic E-state index is 13.9. The minimum absolute atomic E-state index is 0.0430. The van der Waals surface area contributed by atoms with E-state index < -0.39 is 11.9 Å². The number of anilines is 3. The van der Waals surface area contributed by atoms with E-state index in [9.17, 15) is 9.18 Å². The van der Waals surface area contributed by atoms with Crippen LogP contribution in [0, 0.1) is 5.82 Å². The first kappa shape index (κ1) is 16.3. The highest BCUT2D eigenvalue weighted by atomic mass is 35.5. The van der Waals surface area contributed by atoms with Gasteiger partial charge in [0.15, 0.2) is 5.82 Å². The number of rotatable bonds is 6. The molecule has 1 atom stereocenters. The van der Waals surface area contributed by atoms with Crippen LogP contribution in [0.15, 0.2) is 6.07 Å². The molecule has 1 aromatic carbocycles. The molecular formula is C12H18ClFN4O2. The summed E-state index contributed by atoms with van der Waals surface area (Å²) in [6, 6.07) is 0.645.